The minimum absolute atomic E-state index is 0.377. The third kappa shape index (κ3) is 1.21. The van der Waals surface area contributed by atoms with Gasteiger partial charge in [-0.15, -0.1) is 0 Å². The van der Waals surface area contributed by atoms with E-state index in [1.54, 1.807) is 11.0 Å². The minimum atomic E-state index is 0.377. The Kier molecular flexibility index (Phi) is 1.87. The van der Waals surface area contributed by atoms with Gasteiger partial charge in [-0.05, 0) is 13.8 Å². The molecule has 2 aromatic rings. The number of aryl methyl sites for hydroxylation is 1. The fourth-order valence-corrected chi connectivity index (χ4v) is 1.53. The second-order valence-electron chi connectivity index (χ2n) is 3.67. The van der Waals surface area contributed by atoms with Gasteiger partial charge in [-0.1, -0.05) is 4.68 Å². The third-order valence-corrected chi connectivity index (χ3v) is 2.21. The lowest BCUT2D eigenvalue weighted by Gasteiger charge is -2.05. The second kappa shape index (κ2) is 2.94. The minimum Gasteiger partial charge on any atom is -0.377 e. The third-order valence-electron chi connectivity index (χ3n) is 2.21. The van der Waals surface area contributed by atoms with Crippen molar-refractivity contribution in [3.8, 4) is 0 Å². The lowest BCUT2D eigenvalue weighted by Crippen LogP contribution is -2.33. The van der Waals surface area contributed by atoms with Crippen LogP contribution in [0.3, 0.4) is 0 Å². The summed E-state index contributed by atoms with van der Waals surface area (Å²) in [6, 6.07) is 0.377. The molecule has 0 aromatic carbocycles. The van der Waals surface area contributed by atoms with Crippen molar-refractivity contribution in [2.24, 2.45) is 7.05 Å². The van der Waals surface area contributed by atoms with Crippen LogP contribution >= 0.6 is 0 Å². The molecule has 0 aliphatic carbocycles. The lowest BCUT2D eigenvalue weighted by molar-refractivity contribution is -0.728. The summed E-state index contributed by atoms with van der Waals surface area (Å²) in [7, 11) is 1.85. The number of hydrogen-bond acceptors (Lipinski definition) is 3. The molecule has 0 saturated heterocycles. The summed E-state index contributed by atoms with van der Waals surface area (Å²) < 4.78 is 3.78. The molecule has 2 heterocycles. The highest BCUT2D eigenvalue weighted by Crippen LogP contribution is 2.18. The van der Waals surface area contributed by atoms with Gasteiger partial charge in [0, 0.05) is 11.1 Å². The standard InChI is InChI=1S/C9H14N5/c1-6(2)14-5-11-8-7(14)4-13(3)12-9(8)10/h4-6H,1-3H3,(H2,10,12)/q+1. The molecule has 14 heavy (non-hydrogen) atoms. The Hall–Kier alpha value is -1.65. The molecular formula is C9H14N5+. The van der Waals surface area contributed by atoms with Gasteiger partial charge in [0.15, 0.2) is 7.05 Å². The molecule has 2 rings (SSSR count). The highest BCUT2D eigenvalue weighted by Gasteiger charge is 2.13. The van der Waals surface area contributed by atoms with Crippen molar-refractivity contribution in [1.82, 2.24) is 14.6 Å². The van der Waals surface area contributed by atoms with E-state index in [-0.39, 0.29) is 0 Å². The van der Waals surface area contributed by atoms with Crippen molar-refractivity contribution in [2.45, 2.75) is 19.9 Å². The molecule has 0 unspecified atom stereocenters. The van der Waals surface area contributed by atoms with Crippen LogP contribution in [0.1, 0.15) is 19.9 Å². The summed E-state index contributed by atoms with van der Waals surface area (Å²) in [5.74, 6) is 0.476. The number of imidazole rings is 1. The summed E-state index contributed by atoms with van der Waals surface area (Å²) in [6.45, 7) is 4.22. The number of hydrogen-bond donors (Lipinski definition) is 1. The van der Waals surface area contributed by atoms with Crippen LogP contribution in [0.2, 0.25) is 0 Å². The Morgan fingerprint density at radius 2 is 2.21 bits per heavy atom. The zero-order valence-corrected chi connectivity index (χ0v) is 8.60. The Balaban J connectivity index is 2.78. The molecule has 0 amide bonds. The predicted octanol–water partition coefficient (Wildman–Crippen LogP) is 0.419. The molecular weight excluding hydrogens is 178 g/mol. The molecule has 0 bridgehead atoms. The summed E-state index contributed by atoms with van der Waals surface area (Å²) in [6.07, 6.45) is 3.73. The number of nitrogen functional groups attached to an aromatic ring is 1. The molecule has 5 heteroatoms. The van der Waals surface area contributed by atoms with Gasteiger partial charge in [0.2, 0.25) is 12.0 Å². The molecule has 0 aliphatic rings. The van der Waals surface area contributed by atoms with Crippen molar-refractivity contribution in [1.29, 1.82) is 0 Å². The van der Waals surface area contributed by atoms with Crippen LogP contribution in [0, 0.1) is 0 Å². The number of anilines is 1. The molecule has 2 aromatic heterocycles. The first-order chi connectivity index (χ1) is 6.59. The first-order valence-electron chi connectivity index (χ1n) is 4.58. The average Bonchev–Trinajstić information content (AvgIpc) is 2.47. The maximum Gasteiger partial charge on any atom is 0.222 e. The van der Waals surface area contributed by atoms with E-state index < -0.39 is 0 Å². The molecule has 0 fully saturated rings. The zero-order valence-electron chi connectivity index (χ0n) is 8.60. The van der Waals surface area contributed by atoms with Gasteiger partial charge in [0.1, 0.15) is 11.0 Å². The predicted molar refractivity (Wildman–Crippen MR) is 53.5 cm³/mol. The normalized spacial score (nSPS) is 11.4. The van der Waals surface area contributed by atoms with Gasteiger partial charge in [-0.25, -0.2) is 4.98 Å². The van der Waals surface area contributed by atoms with Crippen LogP contribution in [-0.2, 0) is 7.05 Å². The van der Waals surface area contributed by atoms with Crippen LogP contribution in [0.4, 0.5) is 5.82 Å². The topological polar surface area (TPSA) is 60.6 Å². The maximum absolute atomic E-state index is 5.76. The summed E-state index contributed by atoms with van der Waals surface area (Å²) in [4.78, 5) is 4.24. The Labute approximate surface area is 82.2 Å². The molecule has 2 N–H and O–H groups in total. The summed E-state index contributed by atoms with van der Waals surface area (Å²) >= 11 is 0. The van der Waals surface area contributed by atoms with E-state index in [2.05, 4.69) is 28.5 Å². The van der Waals surface area contributed by atoms with Crippen LogP contribution in [0.15, 0.2) is 12.5 Å². The zero-order chi connectivity index (χ0) is 10.3. The number of fused-ring (bicyclic) bond motifs is 1. The van der Waals surface area contributed by atoms with E-state index in [9.17, 15) is 0 Å². The fourth-order valence-electron chi connectivity index (χ4n) is 1.53. The maximum atomic E-state index is 5.76. The van der Waals surface area contributed by atoms with E-state index in [4.69, 9.17) is 5.73 Å². The highest BCUT2D eigenvalue weighted by molar-refractivity contribution is 5.83. The molecule has 0 aliphatic heterocycles. The van der Waals surface area contributed by atoms with Gasteiger partial charge in [0.05, 0.1) is 6.33 Å². The summed E-state index contributed by atoms with van der Waals surface area (Å²) in [5.41, 5.74) is 7.56. The first kappa shape index (κ1) is 8.93. The number of nitrogens with zero attached hydrogens (tertiary/aromatic N) is 4. The van der Waals surface area contributed by atoms with Crippen LogP contribution < -0.4 is 10.4 Å². The smallest absolute Gasteiger partial charge is 0.222 e. The summed E-state index contributed by atoms with van der Waals surface area (Å²) in [5, 5.41) is 4.09. The van der Waals surface area contributed by atoms with Crippen LogP contribution in [-0.4, -0.2) is 14.6 Å². The molecule has 0 saturated carbocycles. The molecule has 74 valence electrons. The van der Waals surface area contributed by atoms with Gasteiger partial charge in [0.25, 0.3) is 0 Å². The van der Waals surface area contributed by atoms with E-state index in [1.165, 1.54) is 0 Å². The van der Waals surface area contributed by atoms with E-state index in [1.807, 2.05) is 13.2 Å². The van der Waals surface area contributed by atoms with Crippen molar-refractivity contribution in [2.75, 3.05) is 5.73 Å². The largest absolute Gasteiger partial charge is 0.377 e. The van der Waals surface area contributed by atoms with Crippen molar-refractivity contribution >= 4 is 16.9 Å². The van der Waals surface area contributed by atoms with Crippen LogP contribution in [0.5, 0.6) is 0 Å². The van der Waals surface area contributed by atoms with E-state index in [0.29, 0.717) is 11.9 Å². The van der Waals surface area contributed by atoms with Gasteiger partial charge in [-0.3, -0.25) is 0 Å². The Bertz CT molecular complexity index is 471. The van der Waals surface area contributed by atoms with E-state index >= 15 is 0 Å². The fraction of sp³-hybridized carbons (Fsp3) is 0.444. The number of aromatic nitrogens is 4. The highest BCUT2D eigenvalue weighted by atomic mass is 15.3. The average molecular weight is 192 g/mol. The molecule has 5 nitrogen and oxygen atoms in total. The quantitative estimate of drug-likeness (QED) is 0.666. The molecule has 0 spiro atoms. The lowest BCUT2D eigenvalue weighted by atomic mass is 10.3. The second-order valence-corrected chi connectivity index (χ2v) is 3.67. The first-order valence-corrected chi connectivity index (χ1v) is 4.58. The van der Waals surface area contributed by atoms with Crippen molar-refractivity contribution < 1.29 is 4.68 Å². The van der Waals surface area contributed by atoms with Crippen LogP contribution in [0.25, 0.3) is 11.0 Å². The molecule has 0 radical (unpaired) electrons. The molecule has 0 atom stereocenters. The van der Waals surface area contributed by atoms with Gasteiger partial charge >= 0.3 is 0 Å². The SMILES string of the molecule is CC(C)n1cnc2c(N)n[n+](C)cc21. The van der Waals surface area contributed by atoms with Gasteiger partial charge in [-0.2, -0.15) is 0 Å². The monoisotopic (exact) mass is 192 g/mol. The van der Waals surface area contributed by atoms with Crippen molar-refractivity contribution in [3.63, 3.8) is 0 Å². The number of rotatable bonds is 1. The van der Waals surface area contributed by atoms with Gasteiger partial charge < -0.3 is 10.3 Å². The number of nitrogens with two attached hydrogens (primary N) is 1. The van der Waals surface area contributed by atoms with E-state index in [0.717, 1.165) is 11.0 Å². The Morgan fingerprint density at radius 3 is 2.86 bits per heavy atom. The van der Waals surface area contributed by atoms with Crippen molar-refractivity contribution in [3.05, 3.63) is 12.5 Å². The Morgan fingerprint density at radius 1 is 1.50 bits per heavy atom.